The van der Waals surface area contributed by atoms with Crippen LogP contribution >= 0.6 is 0 Å². The molecule has 0 aliphatic heterocycles. The van der Waals surface area contributed by atoms with E-state index in [1.54, 1.807) is 0 Å². The van der Waals surface area contributed by atoms with E-state index in [0.29, 0.717) is 0 Å². The summed E-state index contributed by atoms with van der Waals surface area (Å²) in [5.74, 6) is 0. The molecule has 0 saturated carbocycles. The van der Waals surface area contributed by atoms with Crippen LogP contribution in [0.2, 0.25) is 0 Å². The van der Waals surface area contributed by atoms with Crippen molar-refractivity contribution in [2.24, 2.45) is 0 Å². The van der Waals surface area contributed by atoms with Gasteiger partial charge in [-0.15, -0.1) is 0 Å². The molecule has 1 N–H and O–H groups in total. The molecule has 2 rings (SSSR count). The van der Waals surface area contributed by atoms with E-state index in [4.69, 9.17) is 5.26 Å². The van der Waals surface area contributed by atoms with E-state index in [0.717, 1.165) is 16.5 Å². The van der Waals surface area contributed by atoms with Gasteiger partial charge in [0.1, 0.15) is 0 Å². The molecule has 0 fully saturated rings. The van der Waals surface area contributed by atoms with Crippen LogP contribution in [-0.4, -0.2) is 4.98 Å². The smallest absolute Gasteiger partial charge is 0.0772 e. The van der Waals surface area contributed by atoms with Gasteiger partial charge in [0.15, 0.2) is 0 Å². The van der Waals surface area contributed by atoms with Crippen LogP contribution in [0.5, 0.6) is 0 Å². The lowest BCUT2D eigenvalue weighted by atomic mass is 9.84. The van der Waals surface area contributed by atoms with Crippen LogP contribution in [0, 0.1) is 11.3 Å². The highest BCUT2D eigenvalue weighted by molar-refractivity contribution is 5.84. The van der Waals surface area contributed by atoms with Crippen molar-refractivity contribution in [2.75, 3.05) is 0 Å². The number of nitriles is 1. The van der Waals surface area contributed by atoms with Gasteiger partial charge in [-0.25, -0.2) is 0 Å². The van der Waals surface area contributed by atoms with Crippen LogP contribution in [0.1, 0.15) is 19.4 Å². The molecule has 0 aliphatic rings. The average Bonchev–Trinajstić information content (AvgIpc) is 2.64. The fourth-order valence-corrected chi connectivity index (χ4v) is 1.69. The summed E-state index contributed by atoms with van der Waals surface area (Å²) in [7, 11) is 0. The maximum atomic E-state index is 9.08. The van der Waals surface area contributed by atoms with Crippen LogP contribution in [0.15, 0.2) is 30.5 Å². The van der Waals surface area contributed by atoms with Gasteiger partial charge in [0, 0.05) is 17.1 Å². The molecule has 0 saturated heterocycles. The Morgan fingerprint density at radius 1 is 1.29 bits per heavy atom. The van der Waals surface area contributed by atoms with Gasteiger partial charge >= 0.3 is 0 Å². The Morgan fingerprint density at radius 2 is 2.07 bits per heavy atom. The molecule has 0 spiro atoms. The molecule has 2 heteroatoms. The van der Waals surface area contributed by atoms with E-state index in [2.05, 4.69) is 11.1 Å². The first-order chi connectivity index (χ1) is 6.65. The number of aromatic nitrogens is 1. The molecule has 14 heavy (non-hydrogen) atoms. The van der Waals surface area contributed by atoms with Crippen molar-refractivity contribution in [3.63, 3.8) is 0 Å². The molecular formula is C12H12N2. The number of aromatic amines is 1. The number of hydrogen-bond acceptors (Lipinski definition) is 1. The molecule has 0 aliphatic carbocycles. The number of rotatable bonds is 1. The van der Waals surface area contributed by atoms with Crippen molar-refractivity contribution in [1.29, 1.82) is 5.26 Å². The largest absolute Gasteiger partial charge is 0.361 e. The third-order valence-corrected chi connectivity index (χ3v) is 2.55. The minimum absolute atomic E-state index is 0.429. The van der Waals surface area contributed by atoms with E-state index in [1.807, 2.05) is 44.3 Å². The second kappa shape index (κ2) is 2.88. The van der Waals surface area contributed by atoms with Gasteiger partial charge in [-0.2, -0.15) is 5.26 Å². The van der Waals surface area contributed by atoms with Gasteiger partial charge in [0.25, 0.3) is 0 Å². The summed E-state index contributed by atoms with van der Waals surface area (Å²) in [6.45, 7) is 3.88. The summed E-state index contributed by atoms with van der Waals surface area (Å²) in [5.41, 5.74) is 1.74. The number of benzene rings is 1. The lowest BCUT2D eigenvalue weighted by Gasteiger charge is -2.16. The van der Waals surface area contributed by atoms with Crippen molar-refractivity contribution < 1.29 is 0 Å². The third-order valence-electron chi connectivity index (χ3n) is 2.55. The average molecular weight is 184 g/mol. The second-order valence-electron chi connectivity index (χ2n) is 3.98. The van der Waals surface area contributed by atoms with E-state index < -0.39 is 5.41 Å². The molecule has 0 bridgehead atoms. The van der Waals surface area contributed by atoms with Crippen LogP contribution in [-0.2, 0) is 5.41 Å². The lowest BCUT2D eigenvalue weighted by molar-refractivity contribution is 0.694. The normalized spacial score (nSPS) is 11.5. The highest BCUT2D eigenvalue weighted by Gasteiger charge is 2.21. The van der Waals surface area contributed by atoms with Gasteiger partial charge in [0.05, 0.1) is 11.5 Å². The molecule has 70 valence electrons. The molecule has 0 radical (unpaired) electrons. The predicted octanol–water partition coefficient (Wildman–Crippen LogP) is 2.97. The first-order valence-electron chi connectivity index (χ1n) is 4.63. The Morgan fingerprint density at radius 3 is 2.79 bits per heavy atom. The Labute approximate surface area is 83.2 Å². The first kappa shape index (κ1) is 8.83. The van der Waals surface area contributed by atoms with Crippen LogP contribution in [0.4, 0.5) is 0 Å². The molecule has 0 amide bonds. The minimum Gasteiger partial charge on any atom is -0.361 e. The molecular weight excluding hydrogens is 172 g/mol. The van der Waals surface area contributed by atoms with Gasteiger partial charge in [-0.1, -0.05) is 12.1 Å². The van der Waals surface area contributed by atoms with Crippen LogP contribution < -0.4 is 0 Å². The monoisotopic (exact) mass is 184 g/mol. The molecule has 1 aromatic heterocycles. The van der Waals surface area contributed by atoms with Crippen molar-refractivity contribution in [3.05, 3.63) is 36.0 Å². The van der Waals surface area contributed by atoms with E-state index in [1.165, 1.54) is 0 Å². The fourth-order valence-electron chi connectivity index (χ4n) is 1.69. The minimum atomic E-state index is -0.429. The fraction of sp³-hybridized carbons (Fsp3) is 0.250. The zero-order valence-corrected chi connectivity index (χ0v) is 8.33. The Hall–Kier alpha value is -1.75. The number of fused-ring (bicyclic) bond motifs is 1. The van der Waals surface area contributed by atoms with Crippen LogP contribution in [0.25, 0.3) is 10.9 Å². The molecule has 0 atom stereocenters. The maximum absolute atomic E-state index is 9.08. The van der Waals surface area contributed by atoms with E-state index in [-0.39, 0.29) is 0 Å². The molecule has 1 aromatic carbocycles. The summed E-state index contributed by atoms with van der Waals surface area (Å²) >= 11 is 0. The Balaban J connectivity index is 2.75. The lowest BCUT2D eigenvalue weighted by Crippen LogP contribution is -2.13. The summed E-state index contributed by atoms with van der Waals surface area (Å²) in [6.07, 6.45) is 1.90. The van der Waals surface area contributed by atoms with Gasteiger partial charge in [0.2, 0.25) is 0 Å². The Bertz CT molecular complexity index is 500. The topological polar surface area (TPSA) is 39.6 Å². The predicted molar refractivity (Wildman–Crippen MR) is 56.9 cm³/mol. The van der Waals surface area contributed by atoms with Crippen molar-refractivity contribution in [1.82, 2.24) is 4.98 Å². The SMILES string of the molecule is CC(C)(C#N)c1cccc2[nH]ccc12. The molecule has 0 unspecified atom stereocenters. The van der Waals surface area contributed by atoms with Crippen molar-refractivity contribution in [2.45, 2.75) is 19.3 Å². The summed E-state index contributed by atoms with van der Waals surface area (Å²) in [5, 5.41) is 10.2. The molecule has 2 nitrogen and oxygen atoms in total. The number of nitrogens with zero attached hydrogens (tertiary/aromatic N) is 1. The zero-order valence-electron chi connectivity index (χ0n) is 8.33. The first-order valence-corrected chi connectivity index (χ1v) is 4.63. The van der Waals surface area contributed by atoms with Crippen molar-refractivity contribution in [3.8, 4) is 6.07 Å². The van der Waals surface area contributed by atoms with Gasteiger partial charge < -0.3 is 4.98 Å². The summed E-state index contributed by atoms with van der Waals surface area (Å²) < 4.78 is 0. The quantitative estimate of drug-likeness (QED) is 0.727. The van der Waals surface area contributed by atoms with Crippen LogP contribution in [0.3, 0.4) is 0 Å². The molecule has 1 heterocycles. The number of H-pyrrole nitrogens is 1. The van der Waals surface area contributed by atoms with Gasteiger partial charge in [-0.05, 0) is 31.5 Å². The second-order valence-corrected chi connectivity index (χ2v) is 3.98. The highest BCUT2D eigenvalue weighted by Crippen LogP contribution is 2.29. The highest BCUT2D eigenvalue weighted by atomic mass is 14.7. The van der Waals surface area contributed by atoms with Crippen molar-refractivity contribution >= 4 is 10.9 Å². The van der Waals surface area contributed by atoms with E-state index >= 15 is 0 Å². The molecule has 2 aromatic rings. The number of hydrogen-bond donors (Lipinski definition) is 1. The number of nitrogens with one attached hydrogen (secondary N) is 1. The van der Waals surface area contributed by atoms with Gasteiger partial charge in [-0.3, -0.25) is 0 Å². The van der Waals surface area contributed by atoms with E-state index in [9.17, 15) is 0 Å². The maximum Gasteiger partial charge on any atom is 0.0772 e. The third kappa shape index (κ3) is 1.18. The summed E-state index contributed by atoms with van der Waals surface area (Å²) in [4.78, 5) is 3.15. The zero-order chi connectivity index (χ0) is 10.2. The summed E-state index contributed by atoms with van der Waals surface area (Å²) in [6, 6.07) is 10.4. The Kier molecular flexibility index (Phi) is 1.82. The standard InChI is InChI=1S/C12H12N2/c1-12(2,8-13)10-4-3-5-11-9(10)6-7-14-11/h3-7,14H,1-2H3.